The Kier molecular flexibility index (Phi) is 4.19. The summed E-state index contributed by atoms with van der Waals surface area (Å²) < 4.78 is 22.5. The van der Waals surface area contributed by atoms with Crippen LogP contribution in [0.1, 0.15) is 6.42 Å². The molecule has 0 aliphatic carbocycles. The summed E-state index contributed by atoms with van der Waals surface area (Å²) in [5.74, 6) is 0. The van der Waals surface area contributed by atoms with Gasteiger partial charge in [-0.15, -0.1) is 0 Å². The number of anilines is 1. The lowest BCUT2D eigenvalue weighted by atomic mass is 10.2. The zero-order chi connectivity index (χ0) is 16.5. The van der Waals surface area contributed by atoms with E-state index in [0.717, 1.165) is 12.1 Å². The summed E-state index contributed by atoms with van der Waals surface area (Å²) in [6, 6.07) is 3.01. The Bertz CT molecular complexity index is 719. The highest BCUT2D eigenvalue weighted by Gasteiger charge is 2.28. The molecule has 120 valence electrons. The molecule has 2 rings (SSSR count). The van der Waals surface area contributed by atoms with Crippen LogP contribution in [0.15, 0.2) is 23.1 Å². The van der Waals surface area contributed by atoms with E-state index in [-0.39, 0.29) is 23.2 Å². The zero-order valence-corrected chi connectivity index (χ0v) is 12.1. The molecule has 22 heavy (non-hydrogen) atoms. The third-order valence-electron chi connectivity index (χ3n) is 3.31. The molecular weight excluding hydrogens is 316 g/mol. The van der Waals surface area contributed by atoms with Gasteiger partial charge in [-0.3, -0.25) is 10.1 Å². The Labute approximate surface area is 125 Å². The van der Waals surface area contributed by atoms with Gasteiger partial charge >= 0.3 is 6.09 Å². The monoisotopic (exact) mass is 330 g/mol. The van der Waals surface area contributed by atoms with E-state index in [2.05, 4.69) is 5.32 Å². The first-order valence-corrected chi connectivity index (χ1v) is 7.79. The largest absolute Gasteiger partial charge is 0.465 e. The molecule has 1 heterocycles. The second-order valence-electron chi connectivity index (χ2n) is 4.84. The number of carbonyl (C=O) groups is 1. The number of benzene rings is 1. The van der Waals surface area contributed by atoms with Gasteiger partial charge in [0.2, 0.25) is 10.0 Å². The highest BCUT2D eigenvalue weighted by atomic mass is 32.2. The van der Waals surface area contributed by atoms with Crippen molar-refractivity contribution in [3.63, 3.8) is 0 Å². The van der Waals surface area contributed by atoms with Crippen LogP contribution in [0.3, 0.4) is 0 Å². The number of amides is 1. The van der Waals surface area contributed by atoms with Crippen molar-refractivity contribution in [1.82, 2.24) is 4.90 Å². The number of sulfonamides is 1. The molecule has 4 N–H and O–H groups in total. The lowest BCUT2D eigenvalue weighted by Crippen LogP contribution is -2.30. The predicted molar refractivity (Wildman–Crippen MR) is 76.1 cm³/mol. The van der Waals surface area contributed by atoms with Crippen LogP contribution < -0.4 is 10.5 Å². The van der Waals surface area contributed by atoms with Crippen LogP contribution >= 0.6 is 0 Å². The molecule has 1 aromatic rings. The molecule has 10 nitrogen and oxygen atoms in total. The van der Waals surface area contributed by atoms with Crippen LogP contribution in [-0.4, -0.2) is 48.6 Å². The number of rotatable bonds is 4. The first-order chi connectivity index (χ1) is 10.2. The number of nitrogens with zero attached hydrogens (tertiary/aromatic N) is 2. The Morgan fingerprint density at radius 1 is 1.50 bits per heavy atom. The van der Waals surface area contributed by atoms with Crippen LogP contribution in [0, 0.1) is 10.1 Å². The Morgan fingerprint density at radius 3 is 2.68 bits per heavy atom. The Hall–Kier alpha value is -2.40. The molecule has 1 amide bonds. The molecule has 1 aliphatic heterocycles. The molecule has 0 spiro atoms. The van der Waals surface area contributed by atoms with Gasteiger partial charge in [0, 0.05) is 25.2 Å². The molecule has 1 fully saturated rings. The van der Waals surface area contributed by atoms with Gasteiger partial charge in [-0.25, -0.2) is 18.4 Å². The lowest BCUT2D eigenvalue weighted by Gasteiger charge is -2.15. The van der Waals surface area contributed by atoms with E-state index < -0.39 is 26.7 Å². The summed E-state index contributed by atoms with van der Waals surface area (Å²) in [7, 11) is -4.04. The first kappa shape index (κ1) is 16.0. The van der Waals surface area contributed by atoms with Gasteiger partial charge < -0.3 is 15.3 Å². The van der Waals surface area contributed by atoms with E-state index in [1.54, 1.807) is 0 Å². The maximum Gasteiger partial charge on any atom is 0.407 e. The van der Waals surface area contributed by atoms with Gasteiger partial charge in [0.1, 0.15) is 5.69 Å². The Morgan fingerprint density at radius 2 is 2.18 bits per heavy atom. The van der Waals surface area contributed by atoms with Crippen molar-refractivity contribution in [3.05, 3.63) is 28.3 Å². The molecule has 1 aliphatic rings. The normalized spacial score (nSPS) is 18.2. The maximum atomic E-state index is 11.2. The number of carboxylic acid groups (broad SMARTS) is 1. The van der Waals surface area contributed by atoms with Crippen molar-refractivity contribution in [1.29, 1.82) is 0 Å². The fraction of sp³-hybridized carbons (Fsp3) is 0.364. The summed E-state index contributed by atoms with van der Waals surface area (Å²) in [6.45, 7) is 0.527. The van der Waals surface area contributed by atoms with Crippen LogP contribution in [0.5, 0.6) is 0 Å². The smallest absolute Gasteiger partial charge is 0.407 e. The quantitative estimate of drug-likeness (QED) is 0.533. The number of hydrogen-bond donors (Lipinski definition) is 3. The average Bonchev–Trinajstić information content (AvgIpc) is 2.86. The van der Waals surface area contributed by atoms with Gasteiger partial charge in [0.15, 0.2) is 0 Å². The minimum atomic E-state index is -4.04. The van der Waals surface area contributed by atoms with Crippen LogP contribution in [0.25, 0.3) is 0 Å². The molecule has 1 saturated heterocycles. The second kappa shape index (κ2) is 5.77. The Balaban J connectivity index is 2.25. The third-order valence-corrected chi connectivity index (χ3v) is 4.22. The van der Waals surface area contributed by atoms with E-state index >= 15 is 0 Å². The van der Waals surface area contributed by atoms with Crippen molar-refractivity contribution in [2.45, 2.75) is 17.4 Å². The van der Waals surface area contributed by atoms with Gasteiger partial charge in [-0.1, -0.05) is 0 Å². The number of hydrogen-bond acceptors (Lipinski definition) is 6. The van der Waals surface area contributed by atoms with E-state index in [4.69, 9.17) is 10.2 Å². The lowest BCUT2D eigenvalue weighted by molar-refractivity contribution is -0.384. The number of primary sulfonamides is 1. The van der Waals surface area contributed by atoms with Gasteiger partial charge in [-0.05, 0) is 18.6 Å². The summed E-state index contributed by atoms with van der Waals surface area (Å²) >= 11 is 0. The molecule has 1 aromatic carbocycles. The standard InChI is InChI=1S/C11H14N4O6S/c12-22(20,21)8-1-2-9(10(5-8)15(18)19)13-7-3-4-14(6-7)11(16)17/h1-2,5,7,13H,3-4,6H2,(H,16,17)(H2,12,20,21)/t7-/m1/s1. The van der Waals surface area contributed by atoms with Gasteiger partial charge in [-0.2, -0.15) is 0 Å². The summed E-state index contributed by atoms with van der Waals surface area (Å²) in [6.07, 6.45) is -0.552. The number of likely N-dealkylation sites (tertiary alicyclic amines) is 1. The summed E-state index contributed by atoms with van der Waals surface area (Å²) in [4.78, 5) is 22.0. The molecule has 0 aromatic heterocycles. The molecule has 0 saturated carbocycles. The molecule has 1 atom stereocenters. The third kappa shape index (κ3) is 3.43. The topological polar surface area (TPSA) is 156 Å². The molecular formula is C11H14N4O6S. The van der Waals surface area contributed by atoms with E-state index in [1.807, 2.05) is 0 Å². The van der Waals surface area contributed by atoms with Gasteiger partial charge in [0.05, 0.1) is 9.82 Å². The van der Waals surface area contributed by atoms with Gasteiger partial charge in [0.25, 0.3) is 5.69 Å². The first-order valence-electron chi connectivity index (χ1n) is 6.24. The molecule has 0 radical (unpaired) electrons. The number of nitrogens with one attached hydrogen (secondary N) is 1. The number of nitro benzene ring substituents is 1. The fourth-order valence-corrected chi connectivity index (χ4v) is 2.77. The fourth-order valence-electron chi connectivity index (χ4n) is 2.23. The van der Waals surface area contributed by atoms with Crippen molar-refractivity contribution in [3.8, 4) is 0 Å². The van der Waals surface area contributed by atoms with Crippen molar-refractivity contribution in [2.75, 3.05) is 18.4 Å². The summed E-state index contributed by atoms with van der Waals surface area (Å²) in [5.41, 5.74) is -0.310. The van der Waals surface area contributed by atoms with Crippen molar-refractivity contribution >= 4 is 27.5 Å². The minimum Gasteiger partial charge on any atom is -0.465 e. The average molecular weight is 330 g/mol. The second-order valence-corrected chi connectivity index (χ2v) is 6.40. The maximum absolute atomic E-state index is 11.2. The SMILES string of the molecule is NS(=O)(=O)c1ccc(N[C@@H]2CCN(C(=O)O)C2)c([N+](=O)[O-])c1. The zero-order valence-electron chi connectivity index (χ0n) is 11.3. The van der Waals surface area contributed by atoms with Crippen LogP contribution in [-0.2, 0) is 10.0 Å². The molecule has 0 unspecified atom stereocenters. The van der Waals surface area contributed by atoms with Crippen molar-refractivity contribution in [2.24, 2.45) is 5.14 Å². The summed E-state index contributed by atoms with van der Waals surface area (Å²) in [5, 5.41) is 27.8. The predicted octanol–water partition coefficient (Wildman–Crippen LogP) is 0.406. The number of nitrogens with two attached hydrogens (primary N) is 1. The van der Waals surface area contributed by atoms with E-state index in [1.165, 1.54) is 11.0 Å². The van der Waals surface area contributed by atoms with E-state index in [0.29, 0.717) is 13.0 Å². The van der Waals surface area contributed by atoms with Crippen molar-refractivity contribution < 1.29 is 23.2 Å². The number of nitro groups is 1. The van der Waals surface area contributed by atoms with Crippen LogP contribution in [0.2, 0.25) is 0 Å². The molecule has 0 bridgehead atoms. The minimum absolute atomic E-state index is 0.120. The molecule has 11 heteroatoms. The van der Waals surface area contributed by atoms with E-state index in [9.17, 15) is 23.3 Å². The van der Waals surface area contributed by atoms with Crippen LogP contribution in [0.4, 0.5) is 16.2 Å². The highest BCUT2D eigenvalue weighted by Crippen LogP contribution is 2.29. The highest BCUT2D eigenvalue weighted by molar-refractivity contribution is 7.89.